The molecule has 0 rings (SSSR count). The summed E-state index contributed by atoms with van der Waals surface area (Å²) in [5.41, 5.74) is 0. The fourth-order valence-electron chi connectivity index (χ4n) is 5.69. The van der Waals surface area contributed by atoms with Crippen LogP contribution in [0.2, 0.25) is 0 Å². The van der Waals surface area contributed by atoms with Gasteiger partial charge < -0.3 is 9.84 Å². The summed E-state index contributed by atoms with van der Waals surface area (Å²) in [6.07, 6.45) is 41.3. The van der Waals surface area contributed by atoms with Gasteiger partial charge in [0.2, 0.25) is 0 Å². The average molecular weight is 593 g/mol. The van der Waals surface area contributed by atoms with E-state index in [0.717, 1.165) is 51.4 Å². The van der Waals surface area contributed by atoms with Gasteiger partial charge in [0.05, 0.1) is 0 Å². The molecule has 42 heavy (non-hydrogen) atoms. The molecule has 248 valence electrons. The Morgan fingerprint density at radius 2 is 0.881 bits per heavy atom. The number of unbranched alkanes of at least 4 members (excludes halogenated alkanes) is 23. The maximum Gasteiger partial charge on any atom is 0.306 e. The van der Waals surface area contributed by atoms with Crippen molar-refractivity contribution in [3.63, 3.8) is 0 Å². The lowest BCUT2D eigenvalue weighted by molar-refractivity contribution is -0.150. The number of carboxylic acids is 1. The van der Waals surface area contributed by atoms with Crippen molar-refractivity contribution in [1.29, 1.82) is 0 Å². The summed E-state index contributed by atoms with van der Waals surface area (Å²) in [7, 11) is 0. The Kier molecular flexibility index (Phi) is 33.1. The lowest BCUT2D eigenvalue weighted by atomic mass is 10.0. The van der Waals surface area contributed by atoms with Crippen molar-refractivity contribution in [3.8, 4) is 0 Å². The second-order valence-electron chi connectivity index (χ2n) is 12.8. The van der Waals surface area contributed by atoms with Crippen LogP contribution in [0.25, 0.3) is 0 Å². The SMILES string of the molecule is CCCCCCCC/C=C\CCCCCCCC(=O)OC(CCCC)CCCCCCCCCCCCCCC(=O)O. The Bertz CT molecular complexity index is 600. The van der Waals surface area contributed by atoms with Gasteiger partial charge in [-0.05, 0) is 57.8 Å². The third-order valence-corrected chi connectivity index (χ3v) is 8.49. The highest BCUT2D eigenvalue weighted by molar-refractivity contribution is 5.69. The quantitative estimate of drug-likeness (QED) is 0.0458. The second kappa shape index (κ2) is 34.2. The number of esters is 1. The largest absolute Gasteiger partial charge is 0.481 e. The third-order valence-electron chi connectivity index (χ3n) is 8.49. The summed E-state index contributed by atoms with van der Waals surface area (Å²) < 4.78 is 5.91. The predicted molar refractivity (Wildman–Crippen MR) is 181 cm³/mol. The highest BCUT2D eigenvalue weighted by Crippen LogP contribution is 2.18. The van der Waals surface area contributed by atoms with Gasteiger partial charge in [0, 0.05) is 12.8 Å². The normalized spacial score (nSPS) is 12.2. The minimum absolute atomic E-state index is 0.0237. The highest BCUT2D eigenvalue weighted by atomic mass is 16.5. The first-order valence-electron chi connectivity index (χ1n) is 18.7. The Morgan fingerprint density at radius 1 is 0.500 bits per heavy atom. The number of ether oxygens (including phenoxy) is 1. The molecular weight excluding hydrogens is 520 g/mol. The molecule has 0 bridgehead atoms. The molecule has 0 heterocycles. The molecule has 0 aromatic rings. The smallest absolute Gasteiger partial charge is 0.306 e. The number of aliphatic carboxylic acids is 1. The van der Waals surface area contributed by atoms with E-state index < -0.39 is 5.97 Å². The van der Waals surface area contributed by atoms with E-state index in [2.05, 4.69) is 26.0 Å². The van der Waals surface area contributed by atoms with Crippen molar-refractivity contribution in [3.05, 3.63) is 12.2 Å². The summed E-state index contributed by atoms with van der Waals surface area (Å²) in [6.45, 7) is 4.49. The van der Waals surface area contributed by atoms with Crippen LogP contribution >= 0.6 is 0 Å². The monoisotopic (exact) mass is 593 g/mol. The highest BCUT2D eigenvalue weighted by Gasteiger charge is 2.13. The topological polar surface area (TPSA) is 63.6 Å². The van der Waals surface area contributed by atoms with E-state index in [1.165, 1.54) is 135 Å². The van der Waals surface area contributed by atoms with Crippen molar-refractivity contribution < 1.29 is 19.4 Å². The minimum atomic E-state index is -0.670. The average Bonchev–Trinajstić information content (AvgIpc) is 2.97. The van der Waals surface area contributed by atoms with Gasteiger partial charge in [-0.15, -0.1) is 0 Å². The fourth-order valence-corrected chi connectivity index (χ4v) is 5.69. The number of hydrogen-bond donors (Lipinski definition) is 1. The van der Waals surface area contributed by atoms with Gasteiger partial charge in [-0.2, -0.15) is 0 Å². The van der Waals surface area contributed by atoms with E-state index in [1.807, 2.05) is 0 Å². The molecular formula is C38H72O4. The first kappa shape index (κ1) is 40.7. The number of allylic oxidation sites excluding steroid dienone is 2. The van der Waals surface area contributed by atoms with Crippen LogP contribution in [0.1, 0.15) is 213 Å². The molecule has 4 heteroatoms. The zero-order valence-electron chi connectivity index (χ0n) is 28.3. The maximum atomic E-state index is 12.5. The van der Waals surface area contributed by atoms with Gasteiger partial charge in [0.25, 0.3) is 0 Å². The molecule has 0 amide bonds. The van der Waals surface area contributed by atoms with Crippen molar-refractivity contribution in [2.75, 3.05) is 0 Å². The van der Waals surface area contributed by atoms with Crippen LogP contribution in [0.3, 0.4) is 0 Å². The Morgan fingerprint density at radius 3 is 1.36 bits per heavy atom. The van der Waals surface area contributed by atoms with Gasteiger partial charge in [-0.3, -0.25) is 9.59 Å². The van der Waals surface area contributed by atoms with E-state index in [4.69, 9.17) is 9.84 Å². The number of carbonyl (C=O) groups excluding carboxylic acids is 1. The van der Waals surface area contributed by atoms with Crippen molar-refractivity contribution in [2.24, 2.45) is 0 Å². The van der Waals surface area contributed by atoms with Crippen LogP contribution in [-0.4, -0.2) is 23.1 Å². The maximum absolute atomic E-state index is 12.5. The third kappa shape index (κ3) is 33.2. The number of carboxylic acid groups (broad SMARTS) is 1. The summed E-state index contributed by atoms with van der Waals surface area (Å²) in [4.78, 5) is 23.0. The van der Waals surface area contributed by atoms with E-state index in [9.17, 15) is 9.59 Å². The summed E-state index contributed by atoms with van der Waals surface area (Å²) in [5.74, 6) is -0.646. The predicted octanol–water partition coefficient (Wildman–Crippen LogP) is 12.7. The van der Waals surface area contributed by atoms with E-state index in [0.29, 0.717) is 12.8 Å². The van der Waals surface area contributed by atoms with Gasteiger partial charge >= 0.3 is 11.9 Å². The van der Waals surface area contributed by atoms with Crippen LogP contribution in [0, 0.1) is 0 Å². The molecule has 0 aromatic carbocycles. The molecule has 0 saturated heterocycles. The lowest BCUT2D eigenvalue weighted by Gasteiger charge is -2.18. The summed E-state index contributed by atoms with van der Waals surface area (Å²) in [5, 5.41) is 8.66. The molecule has 0 spiro atoms. The standard InChI is InChI=1S/C38H72O4/c1-3-5-7-8-9-10-11-12-13-14-19-22-25-28-31-35-38(41)42-36(32-6-4-2)33-29-26-23-20-17-15-16-18-21-24-27-30-34-37(39)40/h12-13,36H,3-11,14-35H2,1-2H3,(H,39,40)/b13-12-. The van der Waals surface area contributed by atoms with Crippen molar-refractivity contribution >= 4 is 11.9 Å². The molecule has 1 atom stereocenters. The molecule has 1 unspecified atom stereocenters. The van der Waals surface area contributed by atoms with Gasteiger partial charge in [0.1, 0.15) is 6.10 Å². The summed E-state index contributed by atoms with van der Waals surface area (Å²) >= 11 is 0. The molecule has 0 fully saturated rings. The Hall–Kier alpha value is -1.32. The second-order valence-corrected chi connectivity index (χ2v) is 12.8. The number of carbonyl (C=O) groups is 2. The summed E-state index contributed by atoms with van der Waals surface area (Å²) in [6, 6.07) is 0. The first-order chi connectivity index (χ1) is 20.6. The van der Waals surface area contributed by atoms with Crippen LogP contribution < -0.4 is 0 Å². The Labute approximate surface area is 262 Å². The number of hydrogen-bond acceptors (Lipinski definition) is 3. The molecule has 0 saturated carbocycles. The van der Waals surface area contributed by atoms with Gasteiger partial charge in [-0.25, -0.2) is 0 Å². The van der Waals surface area contributed by atoms with Crippen LogP contribution in [0.15, 0.2) is 12.2 Å². The van der Waals surface area contributed by atoms with E-state index in [1.54, 1.807) is 0 Å². The van der Waals surface area contributed by atoms with Crippen molar-refractivity contribution in [1.82, 2.24) is 0 Å². The van der Waals surface area contributed by atoms with Gasteiger partial charge in [0.15, 0.2) is 0 Å². The molecule has 0 aliphatic heterocycles. The van der Waals surface area contributed by atoms with E-state index >= 15 is 0 Å². The molecule has 1 N–H and O–H groups in total. The molecule has 4 nitrogen and oxygen atoms in total. The first-order valence-corrected chi connectivity index (χ1v) is 18.7. The van der Waals surface area contributed by atoms with Gasteiger partial charge in [-0.1, -0.05) is 154 Å². The molecule has 0 aliphatic carbocycles. The molecule has 0 aromatic heterocycles. The zero-order chi connectivity index (χ0) is 30.8. The molecule has 0 radical (unpaired) electrons. The van der Waals surface area contributed by atoms with E-state index in [-0.39, 0.29) is 12.1 Å². The minimum Gasteiger partial charge on any atom is -0.481 e. The van der Waals surface area contributed by atoms with Crippen molar-refractivity contribution in [2.45, 2.75) is 219 Å². The fraction of sp³-hybridized carbons (Fsp3) is 0.895. The Balaban J connectivity index is 3.65. The van der Waals surface area contributed by atoms with Crippen LogP contribution in [0.5, 0.6) is 0 Å². The molecule has 0 aliphatic rings. The lowest BCUT2D eigenvalue weighted by Crippen LogP contribution is -2.18. The number of rotatable bonds is 34. The zero-order valence-corrected chi connectivity index (χ0v) is 28.3. The van der Waals surface area contributed by atoms with Crippen LogP contribution in [0.4, 0.5) is 0 Å². The van der Waals surface area contributed by atoms with Crippen LogP contribution in [-0.2, 0) is 14.3 Å².